The standard InChI is InChI=1S/C16H16FN3O/c1-10(2)13-8-15(16-18-11(3)9-20(16)19-13)21-14-7-5-4-6-12(14)17/h4-10H,1-3H3. The highest BCUT2D eigenvalue weighted by Crippen LogP contribution is 2.29. The lowest BCUT2D eigenvalue weighted by atomic mass is 10.1. The molecule has 3 aromatic rings. The smallest absolute Gasteiger partial charge is 0.197 e. The zero-order chi connectivity index (χ0) is 15.0. The average molecular weight is 285 g/mol. The topological polar surface area (TPSA) is 39.4 Å². The Morgan fingerprint density at radius 2 is 1.95 bits per heavy atom. The van der Waals surface area contributed by atoms with Gasteiger partial charge in [-0.1, -0.05) is 26.0 Å². The maximum atomic E-state index is 13.8. The zero-order valence-corrected chi connectivity index (χ0v) is 12.2. The van der Waals surface area contributed by atoms with Gasteiger partial charge in [-0.3, -0.25) is 0 Å². The molecule has 21 heavy (non-hydrogen) atoms. The maximum absolute atomic E-state index is 13.8. The van der Waals surface area contributed by atoms with Crippen molar-refractivity contribution in [3.05, 3.63) is 53.7 Å². The Kier molecular flexibility index (Phi) is 3.33. The minimum atomic E-state index is -0.401. The molecule has 0 unspecified atom stereocenters. The minimum Gasteiger partial charge on any atom is -0.450 e. The average Bonchev–Trinajstić information content (AvgIpc) is 2.81. The molecule has 1 aromatic carbocycles. The van der Waals surface area contributed by atoms with E-state index in [0.717, 1.165) is 11.4 Å². The number of hydrogen-bond acceptors (Lipinski definition) is 3. The van der Waals surface area contributed by atoms with Crippen molar-refractivity contribution in [2.45, 2.75) is 26.7 Å². The third-order valence-corrected chi connectivity index (χ3v) is 3.18. The molecule has 0 aliphatic heterocycles. The molecule has 0 bridgehead atoms. The van der Waals surface area contributed by atoms with Crippen molar-refractivity contribution in [3.8, 4) is 11.5 Å². The predicted molar refractivity (Wildman–Crippen MR) is 78.3 cm³/mol. The summed E-state index contributed by atoms with van der Waals surface area (Å²) in [5.41, 5.74) is 2.29. The van der Waals surface area contributed by atoms with Gasteiger partial charge < -0.3 is 4.74 Å². The van der Waals surface area contributed by atoms with Crippen LogP contribution in [0.1, 0.15) is 31.2 Å². The van der Waals surface area contributed by atoms with E-state index >= 15 is 0 Å². The van der Waals surface area contributed by atoms with Gasteiger partial charge in [-0.25, -0.2) is 13.9 Å². The summed E-state index contributed by atoms with van der Waals surface area (Å²) < 4.78 is 21.2. The van der Waals surface area contributed by atoms with Crippen molar-refractivity contribution >= 4 is 5.65 Å². The fourth-order valence-corrected chi connectivity index (χ4v) is 2.08. The summed E-state index contributed by atoms with van der Waals surface area (Å²) in [6, 6.07) is 8.14. The molecule has 0 saturated heterocycles. The van der Waals surface area contributed by atoms with Crippen LogP contribution in [0.5, 0.6) is 11.5 Å². The molecule has 3 rings (SSSR count). The van der Waals surface area contributed by atoms with Gasteiger partial charge in [0, 0.05) is 6.07 Å². The number of rotatable bonds is 3. The lowest BCUT2D eigenvalue weighted by Crippen LogP contribution is -2.02. The summed E-state index contributed by atoms with van der Waals surface area (Å²) in [4.78, 5) is 4.39. The number of imidazole rings is 1. The van der Waals surface area contributed by atoms with E-state index in [1.54, 1.807) is 22.7 Å². The summed E-state index contributed by atoms with van der Waals surface area (Å²) in [5.74, 6) is 0.523. The highest BCUT2D eigenvalue weighted by molar-refractivity contribution is 5.55. The monoisotopic (exact) mass is 285 g/mol. The number of hydrogen-bond donors (Lipinski definition) is 0. The molecule has 0 aliphatic carbocycles. The quantitative estimate of drug-likeness (QED) is 0.727. The van der Waals surface area contributed by atoms with Crippen LogP contribution >= 0.6 is 0 Å². The van der Waals surface area contributed by atoms with Crippen LogP contribution in [0, 0.1) is 12.7 Å². The second kappa shape index (κ2) is 5.16. The Balaban J connectivity index is 2.14. The van der Waals surface area contributed by atoms with Gasteiger partial charge in [0.05, 0.1) is 17.6 Å². The second-order valence-corrected chi connectivity index (χ2v) is 5.27. The van der Waals surface area contributed by atoms with E-state index in [2.05, 4.69) is 10.1 Å². The molecule has 0 spiro atoms. The summed E-state index contributed by atoms with van der Waals surface area (Å²) in [5, 5.41) is 4.50. The van der Waals surface area contributed by atoms with E-state index in [4.69, 9.17) is 4.74 Å². The van der Waals surface area contributed by atoms with Crippen LogP contribution in [-0.4, -0.2) is 14.6 Å². The second-order valence-electron chi connectivity index (χ2n) is 5.27. The van der Waals surface area contributed by atoms with Crippen LogP contribution < -0.4 is 4.74 Å². The van der Waals surface area contributed by atoms with Crippen LogP contribution in [0.25, 0.3) is 5.65 Å². The summed E-state index contributed by atoms with van der Waals surface area (Å²) in [6.07, 6.45) is 1.83. The maximum Gasteiger partial charge on any atom is 0.197 e. The van der Waals surface area contributed by atoms with Crippen molar-refractivity contribution in [1.82, 2.24) is 14.6 Å². The number of nitrogens with zero attached hydrogens (tertiary/aromatic N) is 3. The molecule has 5 heteroatoms. The zero-order valence-electron chi connectivity index (χ0n) is 12.2. The molecular formula is C16H16FN3O. The van der Waals surface area contributed by atoms with E-state index in [0.29, 0.717) is 11.4 Å². The highest BCUT2D eigenvalue weighted by atomic mass is 19.1. The molecule has 0 fully saturated rings. The number of ether oxygens (including phenoxy) is 1. The van der Waals surface area contributed by atoms with Crippen molar-refractivity contribution in [1.29, 1.82) is 0 Å². The lowest BCUT2D eigenvalue weighted by molar-refractivity contribution is 0.441. The van der Waals surface area contributed by atoms with Crippen molar-refractivity contribution in [2.75, 3.05) is 0 Å². The van der Waals surface area contributed by atoms with E-state index in [1.807, 2.05) is 33.0 Å². The Hall–Kier alpha value is -2.43. The van der Waals surface area contributed by atoms with Crippen LogP contribution in [0.3, 0.4) is 0 Å². The van der Waals surface area contributed by atoms with Gasteiger partial charge in [0.25, 0.3) is 0 Å². The van der Waals surface area contributed by atoms with Gasteiger partial charge in [0.15, 0.2) is 23.0 Å². The number of benzene rings is 1. The first-order valence-corrected chi connectivity index (χ1v) is 6.84. The van der Waals surface area contributed by atoms with Gasteiger partial charge in [-0.05, 0) is 25.0 Å². The molecule has 0 aliphatic rings. The van der Waals surface area contributed by atoms with Crippen molar-refractivity contribution in [2.24, 2.45) is 0 Å². The normalized spacial score (nSPS) is 11.3. The first kappa shape index (κ1) is 13.5. The fraction of sp³-hybridized carbons (Fsp3) is 0.250. The van der Waals surface area contributed by atoms with E-state index < -0.39 is 5.82 Å². The first-order valence-electron chi connectivity index (χ1n) is 6.84. The molecule has 2 heterocycles. The SMILES string of the molecule is Cc1cn2nc(C(C)C)cc(Oc3ccccc3F)c2n1. The van der Waals surface area contributed by atoms with E-state index in [-0.39, 0.29) is 11.7 Å². The number of para-hydroxylation sites is 1. The third kappa shape index (κ3) is 2.59. The molecule has 0 radical (unpaired) electrons. The Bertz CT molecular complexity index is 795. The Morgan fingerprint density at radius 1 is 1.19 bits per heavy atom. The number of aryl methyl sites for hydroxylation is 1. The van der Waals surface area contributed by atoms with Gasteiger partial charge >= 0.3 is 0 Å². The summed E-state index contributed by atoms with van der Waals surface area (Å²) in [6.45, 7) is 5.98. The van der Waals surface area contributed by atoms with Gasteiger partial charge in [0.2, 0.25) is 0 Å². The largest absolute Gasteiger partial charge is 0.450 e. The number of halogens is 1. The summed E-state index contributed by atoms with van der Waals surface area (Å²) in [7, 11) is 0. The molecule has 4 nitrogen and oxygen atoms in total. The molecule has 0 amide bonds. The molecule has 0 saturated carbocycles. The molecular weight excluding hydrogens is 269 g/mol. The van der Waals surface area contributed by atoms with Crippen LogP contribution in [-0.2, 0) is 0 Å². The lowest BCUT2D eigenvalue weighted by Gasteiger charge is -2.11. The molecule has 108 valence electrons. The predicted octanol–water partition coefficient (Wildman–Crippen LogP) is 4.09. The van der Waals surface area contributed by atoms with Crippen LogP contribution in [0.4, 0.5) is 4.39 Å². The molecule has 0 atom stereocenters. The van der Waals surface area contributed by atoms with E-state index in [9.17, 15) is 4.39 Å². The van der Waals surface area contributed by atoms with E-state index in [1.165, 1.54) is 6.07 Å². The number of fused-ring (bicyclic) bond motifs is 1. The van der Waals surface area contributed by atoms with Crippen molar-refractivity contribution in [3.63, 3.8) is 0 Å². The Labute approximate surface area is 122 Å². The van der Waals surface area contributed by atoms with Gasteiger partial charge in [-0.15, -0.1) is 0 Å². The van der Waals surface area contributed by atoms with Crippen LogP contribution in [0.2, 0.25) is 0 Å². The highest BCUT2D eigenvalue weighted by Gasteiger charge is 2.14. The minimum absolute atomic E-state index is 0.181. The van der Waals surface area contributed by atoms with Crippen molar-refractivity contribution < 1.29 is 9.13 Å². The Morgan fingerprint density at radius 3 is 2.67 bits per heavy atom. The first-order chi connectivity index (χ1) is 10.0. The summed E-state index contributed by atoms with van der Waals surface area (Å²) >= 11 is 0. The fourth-order valence-electron chi connectivity index (χ4n) is 2.08. The van der Waals surface area contributed by atoms with Crippen LogP contribution in [0.15, 0.2) is 36.5 Å². The number of aromatic nitrogens is 3. The molecule has 2 aromatic heterocycles. The third-order valence-electron chi connectivity index (χ3n) is 3.18. The van der Waals surface area contributed by atoms with Gasteiger partial charge in [-0.2, -0.15) is 5.10 Å². The molecule has 0 N–H and O–H groups in total. The van der Waals surface area contributed by atoms with Gasteiger partial charge in [0.1, 0.15) is 0 Å².